The monoisotopic (exact) mass is 352 g/mol. The molecule has 0 saturated heterocycles. The molecule has 0 bridgehead atoms. The molecule has 5 nitrogen and oxygen atoms in total. The van der Waals surface area contributed by atoms with E-state index in [4.69, 9.17) is 0 Å². The Morgan fingerprint density at radius 3 is 2.24 bits per heavy atom. The van der Waals surface area contributed by atoms with E-state index in [0.29, 0.717) is 22.1 Å². The summed E-state index contributed by atoms with van der Waals surface area (Å²) in [7, 11) is -2.03. The summed E-state index contributed by atoms with van der Waals surface area (Å²) < 4.78 is 29.6. The van der Waals surface area contributed by atoms with Crippen molar-refractivity contribution in [1.29, 1.82) is 0 Å². The van der Waals surface area contributed by atoms with E-state index in [9.17, 15) is 13.2 Å². The van der Waals surface area contributed by atoms with Crippen molar-refractivity contribution in [1.82, 2.24) is 8.54 Å². The third kappa shape index (κ3) is 2.14. The van der Waals surface area contributed by atoms with Crippen LogP contribution in [0.25, 0.3) is 21.8 Å². The van der Waals surface area contributed by atoms with Crippen LogP contribution in [0.15, 0.2) is 65.7 Å². The Morgan fingerprint density at radius 2 is 1.56 bits per heavy atom. The quantitative estimate of drug-likeness (QED) is 0.530. The molecule has 0 saturated carbocycles. The first-order valence-electron chi connectivity index (χ1n) is 7.83. The SMILES string of the molecule is CC(=O)c1c2c3ccccc3n(S(=O)(=O)c3ccccc3)c2cn1C. The molecule has 4 aromatic rings. The summed E-state index contributed by atoms with van der Waals surface area (Å²) in [6.07, 6.45) is 1.70. The zero-order valence-electron chi connectivity index (χ0n) is 13.8. The molecule has 0 aliphatic carbocycles. The molecule has 0 radical (unpaired) electrons. The first kappa shape index (κ1) is 15.7. The van der Waals surface area contributed by atoms with E-state index in [2.05, 4.69) is 0 Å². The van der Waals surface area contributed by atoms with Gasteiger partial charge in [0.15, 0.2) is 5.78 Å². The van der Waals surface area contributed by atoms with Crippen LogP contribution < -0.4 is 0 Å². The number of para-hydroxylation sites is 1. The average Bonchev–Trinajstić information content (AvgIpc) is 3.08. The molecule has 0 aliphatic rings. The molecule has 25 heavy (non-hydrogen) atoms. The highest BCUT2D eigenvalue weighted by Gasteiger charge is 2.26. The van der Waals surface area contributed by atoms with Crippen molar-refractivity contribution in [2.24, 2.45) is 7.05 Å². The highest BCUT2D eigenvalue weighted by atomic mass is 32.2. The molecule has 0 aliphatic heterocycles. The number of rotatable bonds is 3. The second-order valence-electron chi connectivity index (χ2n) is 6.00. The summed E-state index contributed by atoms with van der Waals surface area (Å²) in [6, 6.07) is 15.6. The van der Waals surface area contributed by atoms with E-state index in [1.807, 2.05) is 12.1 Å². The highest BCUT2D eigenvalue weighted by Crippen LogP contribution is 2.35. The van der Waals surface area contributed by atoms with Crippen LogP contribution in [-0.2, 0) is 17.1 Å². The predicted molar refractivity (Wildman–Crippen MR) is 97.4 cm³/mol. The molecular formula is C19H16N2O3S. The Kier molecular flexibility index (Phi) is 3.33. The minimum Gasteiger partial charge on any atom is -0.345 e. The molecule has 0 amide bonds. The number of ketones is 1. The van der Waals surface area contributed by atoms with Crippen molar-refractivity contribution in [3.63, 3.8) is 0 Å². The lowest BCUT2D eigenvalue weighted by molar-refractivity contribution is 0.101. The summed E-state index contributed by atoms with van der Waals surface area (Å²) in [5.74, 6) is -0.0995. The van der Waals surface area contributed by atoms with E-state index in [1.165, 1.54) is 10.9 Å². The summed E-state index contributed by atoms with van der Waals surface area (Å²) in [5.41, 5.74) is 1.59. The second kappa shape index (κ2) is 5.32. The van der Waals surface area contributed by atoms with Crippen molar-refractivity contribution >= 4 is 37.6 Å². The van der Waals surface area contributed by atoms with Crippen LogP contribution in [0.3, 0.4) is 0 Å². The van der Waals surface area contributed by atoms with Gasteiger partial charge in [-0.2, -0.15) is 0 Å². The molecule has 0 unspecified atom stereocenters. The summed E-state index contributed by atoms with van der Waals surface area (Å²) in [4.78, 5) is 12.3. The normalized spacial score (nSPS) is 12.1. The van der Waals surface area contributed by atoms with Gasteiger partial charge in [0, 0.05) is 30.9 Å². The van der Waals surface area contributed by atoms with Crippen LogP contribution >= 0.6 is 0 Å². The fourth-order valence-corrected chi connectivity index (χ4v) is 4.93. The van der Waals surface area contributed by atoms with Gasteiger partial charge < -0.3 is 4.57 Å². The molecule has 2 heterocycles. The standard InChI is InChI=1S/C19H16N2O3S/c1-13(22)19-18-15-10-6-7-11-16(15)21(17(18)12-20(19)2)25(23,24)14-8-4-3-5-9-14/h3-12H,1-2H3. The van der Waals surface area contributed by atoms with Crippen molar-refractivity contribution in [2.45, 2.75) is 11.8 Å². The van der Waals surface area contributed by atoms with Gasteiger partial charge in [-0.25, -0.2) is 12.4 Å². The highest BCUT2D eigenvalue weighted by molar-refractivity contribution is 7.90. The molecule has 0 atom stereocenters. The maximum atomic E-state index is 13.3. The lowest BCUT2D eigenvalue weighted by Crippen LogP contribution is -2.12. The Balaban J connectivity index is 2.21. The number of aryl methyl sites for hydroxylation is 1. The number of fused-ring (bicyclic) bond motifs is 3. The van der Waals surface area contributed by atoms with Gasteiger partial charge in [-0.1, -0.05) is 36.4 Å². The Hall–Kier alpha value is -2.86. The number of aromatic nitrogens is 2. The van der Waals surface area contributed by atoms with Gasteiger partial charge in [-0.15, -0.1) is 0 Å². The van der Waals surface area contributed by atoms with Gasteiger partial charge in [0.05, 0.1) is 21.6 Å². The topological polar surface area (TPSA) is 61.1 Å². The number of carbonyl (C=O) groups is 1. The van der Waals surface area contributed by atoms with Crippen molar-refractivity contribution in [2.75, 3.05) is 0 Å². The molecule has 0 spiro atoms. The number of benzene rings is 2. The lowest BCUT2D eigenvalue weighted by atomic mass is 10.1. The van der Waals surface area contributed by atoms with Crippen molar-refractivity contribution in [3.05, 3.63) is 66.5 Å². The first-order chi connectivity index (χ1) is 11.9. The minimum atomic E-state index is -3.79. The fourth-order valence-electron chi connectivity index (χ4n) is 3.40. The van der Waals surface area contributed by atoms with E-state index >= 15 is 0 Å². The van der Waals surface area contributed by atoms with Crippen molar-refractivity contribution in [3.8, 4) is 0 Å². The van der Waals surface area contributed by atoms with Crippen LogP contribution in [0, 0.1) is 0 Å². The molecule has 0 fully saturated rings. The largest absolute Gasteiger partial charge is 0.345 e. The van der Waals surface area contributed by atoms with E-state index in [0.717, 1.165) is 5.39 Å². The smallest absolute Gasteiger partial charge is 0.268 e. The Morgan fingerprint density at radius 1 is 0.920 bits per heavy atom. The maximum absolute atomic E-state index is 13.3. The zero-order valence-corrected chi connectivity index (χ0v) is 14.6. The fraction of sp³-hybridized carbons (Fsp3) is 0.105. The van der Waals surface area contributed by atoms with Crippen LogP contribution in [0.4, 0.5) is 0 Å². The summed E-state index contributed by atoms with van der Waals surface area (Å²) in [6.45, 7) is 1.49. The molecule has 126 valence electrons. The number of hydrogen-bond acceptors (Lipinski definition) is 3. The van der Waals surface area contributed by atoms with Gasteiger partial charge in [-0.05, 0) is 18.2 Å². The number of hydrogen-bond donors (Lipinski definition) is 0. The predicted octanol–water partition coefficient (Wildman–Crippen LogP) is 3.57. The molecular weight excluding hydrogens is 336 g/mol. The van der Waals surface area contributed by atoms with Gasteiger partial charge in [0.1, 0.15) is 0 Å². The number of Topliss-reactive ketones (excluding diaryl/α,β-unsaturated/α-hetero) is 1. The average molecular weight is 352 g/mol. The lowest BCUT2D eigenvalue weighted by Gasteiger charge is -2.08. The van der Waals surface area contributed by atoms with Crippen LogP contribution in [0.1, 0.15) is 17.4 Å². The van der Waals surface area contributed by atoms with E-state index in [1.54, 1.807) is 60.3 Å². The van der Waals surface area contributed by atoms with E-state index in [-0.39, 0.29) is 10.7 Å². The molecule has 6 heteroatoms. The Bertz CT molecular complexity index is 1230. The second-order valence-corrected chi connectivity index (χ2v) is 7.79. The third-order valence-corrected chi connectivity index (χ3v) is 6.13. The molecule has 4 rings (SSSR count). The van der Waals surface area contributed by atoms with Gasteiger partial charge >= 0.3 is 0 Å². The first-order valence-corrected chi connectivity index (χ1v) is 9.27. The Labute approximate surface area is 145 Å². The van der Waals surface area contributed by atoms with Gasteiger partial charge in [0.25, 0.3) is 10.0 Å². The minimum absolute atomic E-state index is 0.0995. The van der Waals surface area contributed by atoms with Gasteiger partial charge in [-0.3, -0.25) is 4.79 Å². The summed E-state index contributed by atoms with van der Waals surface area (Å²) >= 11 is 0. The zero-order chi connectivity index (χ0) is 17.8. The molecule has 2 aromatic carbocycles. The molecule has 2 aromatic heterocycles. The van der Waals surface area contributed by atoms with E-state index < -0.39 is 10.0 Å². The third-order valence-electron chi connectivity index (χ3n) is 4.39. The van der Waals surface area contributed by atoms with Crippen LogP contribution in [0.5, 0.6) is 0 Å². The molecule has 0 N–H and O–H groups in total. The summed E-state index contributed by atoms with van der Waals surface area (Å²) in [5, 5.41) is 1.42. The van der Waals surface area contributed by atoms with Crippen LogP contribution in [-0.4, -0.2) is 22.7 Å². The maximum Gasteiger partial charge on any atom is 0.268 e. The number of carbonyl (C=O) groups excluding carboxylic acids is 1. The number of nitrogens with zero attached hydrogens (tertiary/aromatic N) is 2. The van der Waals surface area contributed by atoms with Crippen LogP contribution in [0.2, 0.25) is 0 Å². The van der Waals surface area contributed by atoms with Gasteiger partial charge in [0.2, 0.25) is 0 Å². The van der Waals surface area contributed by atoms with Crippen molar-refractivity contribution < 1.29 is 13.2 Å².